The highest BCUT2D eigenvalue weighted by Gasteiger charge is 2.21. The van der Waals surface area contributed by atoms with Crippen molar-refractivity contribution in [1.29, 1.82) is 0 Å². The van der Waals surface area contributed by atoms with Gasteiger partial charge in [-0.25, -0.2) is 14.4 Å². The van der Waals surface area contributed by atoms with Crippen LogP contribution in [0.3, 0.4) is 0 Å². The molecule has 1 aromatic carbocycles. The standard InChI is InChI=1S/C16H14FN3O2/c1-19(22-2)16(21)14-9-11-5-4-8-18-15(11)20(14)13-7-3-6-12(17)10-13/h3-10H,1-2H3. The lowest BCUT2D eigenvalue weighted by Gasteiger charge is -2.15. The summed E-state index contributed by atoms with van der Waals surface area (Å²) in [7, 11) is 2.93. The van der Waals surface area contributed by atoms with E-state index < -0.39 is 0 Å². The van der Waals surface area contributed by atoms with Crippen molar-refractivity contribution in [2.75, 3.05) is 14.2 Å². The first kappa shape index (κ1) is 14.2. The zero-order chi connectivity index (χ0) is 15.7. The second-order valence-electron chi connectivity index (χ2n) is 4.75. The molecular weight excluding hydrogens is 285 g/mol. The number of halogens is 1. The molecule has 0 bridgehead atoms. The molecule has 0 saturated heterocycles. The van der Waals surface area contributed by atoms with Crippen LogP contribution in [0.15, 0.2) is 48.7 Å². The monoisotopic (exact) mass is 299 g/mol. The smallest absolute Gasteiger partial charge is 0.289 e. The average Bonchev–Trinajstić information content (AvgIpc) is 2.92. The zero-order valence-electron chi connectivity index (χ0n) is 12.2. The van der Waals surface area contributed by atoms with Crippen molar-refractivity contribution in [1.82, 2.24) is 14.6 Å². The van der Waals surface area contributed by atoms with Crippen LogP contribution >= 0.6 is 0 Å². The van der Waals surface area contributed by atoms with Crippen LogP contribution in [0.1, 0.15) is 10.5 Å². The molecule has 3 aromatic rings. The largest absolute Gasteiger partial charge is 0.294 e. The number of hydroxylamine groups is 2. The number of carbonyl (C=O) groups is 1. The molecule has 0 N–H and O–H groups in total. The Kier molecular flexibility index (Phi) is 3.60. The predicted octanol–water partition coefficient (Wildman–Crippen LogP) is 2.80. The highest BCUT2D eigenvalue weighted by Crippen LogP contribution is 2.24. The van der Waals surface area contributed by atoms with Crippen molar-refractivity contribution in [3.63, 3.8) is 0 Å². The first-order valence-electron chi connectivity index (χ1n) is 6.66. The highest BCUT2D eigenvalue weighted by molar-refractivity contribution is 5.98. The summed E-state index contributed by atoms with van der Waals surface area (Å²) < 4.78 is 15.2. The molecule has 0 atom stereocenters. The molecule has 0 unspecified atom stereocenters. The lowest BCUT2D eigenvalue weighted by atomic mass is 10.3. The number of hydrogen-bond donors (Lipinski definition) is 0. The van der Waals surface area contributed by atoms with Gasteiger partial charge in [-0.3, -0.25) is 14.2 Å². The summed E-state index contributed by atoms with van der Waals surface area (Å²) in [6.07, 6.45) is 1.63. The zero-order valence-corrected chi connectivity index (χ0v) is 12.2. The minimum atomic E-state index is -0.381. The first-order chi connectivity index (χ1) is 10.6. The van der Waals surface area contributed by atoms with Gasteiger partial charge in [0.05, 0.1) is 12.8 Å². The van der Waals surface area contributed by atoms with E-state index in [4.69, 9.17) is 4.84 Å². The van der Waals surface area contributed by atoms with E-state index in [0.717, 1.165) is 10.4 Å². The van der Waals surface area contributed by atoms with Crippen LogP contribution in [-0.4, -0.2) is 34.7 Å². The van der Waals surface area contributed by atoms with Gasteiger partial charge in [0.2, 0.25) is 0 Å². The van der Waals surface area contributed by atoms with Crippen molar-refractivity contribution in [3.05, 3.63) is 60.2 Å². The third kappa shape index (κ3) is 2.33. The number of nitrogens with zero attached hydrogens (tertiary/aromatic N) is 3. The van der Waals surface area contributed by atoms with Crippen molar-refractivity contribution in [2.45, 2.75) is 0 Å². The molecule has 22 heavy (non-hydrogen) atoms. The van der Waals surface area contributed by atoms with Gasteiger partial charge in [-0.2, -0.15) is 0 Å². The second-order valence-corrected chi connectivity index (χ2v) is 4.75. The number of fused-ring (bicyclic) bond motifs is 1. The van der Waals surface area contributed by atoms with E-state index in [9.17, 15) is 9.18 Å². The summed E-state index contributed by atoms with van der Waals surface area (Å²) in [4.78, 5) is 21.7. The van der Waals surface area contributed by atoms with Gasteiger partial charge in [0, 0.05) is 18.6 Å². The predicted molar refractivity (Wildman–Crippen MR) is 80.1 cm³/mol. The Morgan fingerprint density at radius 2 is 2.09 bits per heavy atom. The number of rotatable bonds is 3. The molecule has 0 aliphatic carbocycles. The minimum Gasteiger partial charge on any atom is -0.289 e. The van der Waals surface area contributed by atoms with Crippen LogP contribution < -0.4 is 0 Å². The summed E-state index contributed by atoms with van der Waals surface area (Å²) in [6.45, 7) is 0. The molecule has 1 amide bonds. The maximum absolute atomic E-state index is 13.6. The summed E-state index contributed by atoms with van der Waals surface area (Å²) >= 11 is 0. The van der Waals surface area contributed by atoms with Gasteiger partial charge >= 0.3 is 0 Å². The van der Waals surface area contributed by atoms with Crippen LogP contribution in [0, 0.1) is 5.82 Å². The second kappa shape index (κ2) is 5.57. The molecule has 0 saturated carbocycles. The number of amides is 1. The summed E-state index contributed by atoms with van der Waals surface area (Å²) in [5, 5.41) is 1.91. The third-order valence-corrected chi connectivity index (χ3v) is 3.41. The number of carbonyl (C=O) groups excluding carboxylic acids is 1. The first-order valence-corrected chi connectivity index (χ1v) is 6.66. The topological polar surface area (TPSA) is 47.4 Å². The number of pyridine rings is 1. The molecule has 0 radical (unpaired) electrons. The molecule has 0 aliphatic rings. The number of hydrogen-bond acceptors (Lipinski definition) is 3. The fourth-order valence-corrected chi connectivity index (χ4v) is 2.31. The average molecular weight is 299 g/mol. The van der Waals surface area contributed by atoms with Gasteiger partial charge in [-0.1, -0.05) is 6.07 Å². The van der Waals surface area contributed by atoms with E-state index in [2.05, 4.69) is 4.98 Å². The van der Waals surface area contributed by atoms with E-state index in [1.165, 1.54) is 26.3 Å². The summed E-state index contributed by atoms with van der Waals surface area (Å²) in [5.41, 5.74) is 1.46. The molecule has 3 rings (SSSR count). The quantitative estimate of drug-likeness (QED) is 0.699. The normalized spacial score (nSPS) is 10.9. The molecule has 5 nitrogen and oxygen atoms in total. The lowest BCUT2D eigenvalue weighted by Crippen LogP contribution is -2.27. The molecule has 6 heteroatoms. The Bertz CT molecular complexity index is 844. The molecular formula is C16H14FN3O2. The molecule has 2 aromatic heterocycles. The van der Waals surface area contributed by atoms with Gasteiger partial charge in [0.25, 0.3) is 5.91 Å². The van der Waals surface area contributed by atoms with E-state index in [1.807, 2.05) is 6.07 Å². The molecule has 0 spiro atoms. The maximum Gasteiger partial charge on any atom is 0.294 e. The summed E-state index contributed by atoms with van der Waals surface area (Å²) in [6, 6.07) is 11.4. The van der Waals surface area contributed by atoms with E-state index in [0.29, 0.717) is 17.0 Å². The van der Waals surface area contributed by atoms with Crippen LogP contribution in [0.25, 0.3) is 16.7 Å². The molecule has 0 aliphatic heterocycles. The van der Waals surface area contributed by atoms with Gasteiger partial charge in [-0.15, -0.1) is 0 Å². The molecule has 112 valence electrons. The van der Waals surface area contributed by atoms with Crippen LogP contribution in [-0.2, 0) is 4.84 Å². The summed E-state index contributed by atoms with van der Waals surface area (Å²) in [5.74, 6) is -0.724. The number of benzene rings is 1. The molecule has 2 heterocycles. The van der Waals surface area contributed by atoms with Gasteiger partial charge in [0.15, 0.2) is 0 Å². The Morgan fingerprint density at radius 1 is 1.27 bits per heavy atom. The van der Waals surface area contributed by atoms with Crippen molar-refractivity contribution >= 4 is 16.9 Å². The number of aromatic nitrogens is 2. The maximum atomic E-state index is 13.6. The van der Waals surface area contributed by atoms with Gasteiger partial charge < -0.3 is 0 Å². The Labute approximate surface area is 126 Å². The third-order valence-electron chi connectivity index (χ3n) is 3.41. The van der Waals surface area contributed by atoms with Gasteiger partial charge in [0.1, 0.15) is 17.2 Å². The van der Waals surface area contributed by atoms with E-state index in [-0.39, 0.29) is 11.7 Å². The fraction of sp³-hybridized carbons (Fsp3) is 0.125. The van der Waals surface area contributed by atoms with E-state index >= 15 is 0 Å². The van der Waals surface area contributed by atoms with Crippen molar-refractivity contribution < 1.29 is 14.0 Å². The van der Waals surface area contributed by atoms with Gasteiger partial charge in [-0.05, 0) is 36.4 Å². The SMILES string of the molecule is CON(C)C(=O)c1cc2cccnc2n1-c1cccc(F)c1. The Hall–Kier alpha value is -2.73. The Morgan fingerprint density at radius 3 is 2.82 bits per heavy atom. The molecule has 0 fully saturated rings. The van der Waals surface area contributed by atoms with Crippen LogP contribution in [0.4, 0.5) is 4.39 Å². The van der Waals surface area contributed by atoms with Crippen LogP contribution in [0.5, 0.6) is 0 Å². The fourth-order valence-electron chi connectivity index (χ4n) is 2.31. The lowest BCUT2D eigenvalue weighted by molar-refractivity contribution is -0.0761. The van der Waals surface area contributed by atoms with Crippen LogP contribution in [0.2, 0.25) is 0 Å². The van der Waals surface area contributed by atoms with Crippen molar-refractivity contribution in [2.24, 2.45) is 0 Å². The highest BCUT2D eigenvalue weighted by atomic mass is 19.1. The minimum absolute atomic E-state index is 0.343. The van der Waals surface area contributed by atoms with Crippen molar-refractivity contribution in [3.8, 4) is 5.69 Å². The Balaban J connectivity index is 2.28. The van der Waals surface area contributed by atoms with E-state index in [1.54, 1.807) is 35.0 Å².